The van der Waals surface area contributed by atoms with Gasteiger partial charge >= 0.3 is 0 Å². The molecule has 0 spiro atoms. The molecule has 0 aliphatic rings. The van der Waals surface area contributed by atoms with Crippen LogP contribution in [-0.4, -0.2) is 11.0 Å². The SMILES string of the molecule is CC(N)CCc1nc2ccc(F)cc2o1. The zero-order valence-corrected chi connectivity index (χ0v) is 8.53. The van der Waals surface area contributed by atoms with Crippen LogP contribution in [-0.2, 0) is 6.42 Å². The number of aryl methyl sites for hydroxylation is 1. The molecule has 2 N–H and O–H groups in total. The fourth-order valence-corrected chi connectivity index (χ4v) is 1.40. The maximum absolute atomic E-state index is 12.9. The molecule has 1 unspecified atom stereocenters. The number of fused-ring (bicyclic) bond motifs is 1. The Bertz CT molecular complexity index is 465. The minimum Gasteiger partial charge on any atom is -0.441 e. The first-order valence-corrected chi connectivity index (χ1v) is 4.95. The van der Waals surface area contributed by atoms with Gasteiger partial charge in [0.15, 0.2) is 11.5 Å². The summed E-state index contributed by atoms with van der Waals surface area (Å²) < 4.78 is 18.2. The van der Waals surface area contributed by atoms with E-state index in [4.69, 9.17) is 10.2 Å². The van der Waals surface area contributed by atoms with Crippen LogP contribution in [0, 0.1) is 5.82 Å². The van der Waals surface area contributed by atoms with Crippen molar-refractivity contribution in [2.24, 2.45) is 5.73 Å². The normalized spacial score (nSPS) is 13.3. The van der Waals surface area contributed by atoms with Crippen molar-refractivity contribution in [2.75, 3.05) is 0 Å². The van der Waals surface area contributed by atoms with Crippen LogP contribution in [0.15, 0.2) is 22.6 Å². The predicted molar refractivity (Wildman–Crippen MR) is 55.9 cm³/mol. The largest absolute Gasteiger partial charge is 0.441 e. The van der Waals surface area contributed by atoms with Crippen LogP contribution >= 0.6 is 0 Å². The maximum atomic E-state index is 12.9. The highest BCUT2D eigenvalue weighted by atomic mass is 19.1. The topological polar surface area (TPSA) is 52.0 Å². The summed E-state index contributed by atoms with van der Waals surface area (Å²) in [5.41, 5.74) is 6.82. The highest BCUT2D eigenvalue weighted by Crippen LogP contribution is 2.17. The van der Waals surface area contributed by atoms with Crippen LogP contribution in [0.3, 0.4) is 0 Å². The lowest BCUT2D eigenvalue weighted by Crippen LogP contribution is -2.15. The molecule has 1 heterocycles. The van der Waals surface area contributed by atoms with Crippen LogP contribution in [0.5, 0.6) is 0 Å². The summed E-state index contributed by atoms with van der Waals surface area (Å²) in [6.45, 7) is 1.93. The van der Waals surface area contributed by atoms with Gasteiger partial charge in [-0.15, -0.1) is 0 Å². The number of hydrogen-bond donors (Lipinski definition) is 1. The molecule has 0 saturated heterocycles. The van der Waals surface area contributed by atoms with Crippen LogP contribution in [0.2, 0.25) is 0 Å². The molecule has 15 heavy (non-hydrogen) atoms. The van der Waals surface area contributed by atoms with Gasteiger partial charge in [0, 0.05) is 18.5 Å². The average molecular weight is 208 g/mol. The third-order valence-electron chi connectivity index (χ3n) is 2.21. The Labute approximate surface area is 87.1 Å². The molecule has 0 aliphatic carbocycles. The van der Waals surface area contributed by atoms with E-state index in [1.54, 1.807) is 6.07 Å². The van der Waals surface area contributed by atoms with Crippen LogP contribution in [0.25, 0.3) is 11.1 Å². The lowest BCUT2D eigenvalue weighted by Gasteiger charge is -1.99. The van der Waals surface area contributed by atoms with Crippen molar-refractivity contribution < 1.29 is 8.81 Å². The van der Waals surface area contributed by atoms with Gasteiger partial charge in [0.25, 0.3) is 0 Å². The second-order valence-corrected chi connectivity index (χ2v) is 3.74. The van der Waals surface area contributed by atoms with Crippen molar-refractivity contribution in [1.29, 1.82) is 0 Å². The number of nitrogens with zero attached hydrogens (tertiary/aromatic N) is 1. The lowest BCUT2D eigenvalue weighted by molar-refractivity contribution is 0.503. The first kappa shape index (κ1) is 10.1. The van der Waals surface area contributed by atoms with Crippen molar-refractivity contribution in [3.05, 3.63) is 29.9 Å². The Kier molecular flexibility index (Phi) is 2.68. The Balaban J connectivity index is 2.23. The molecule has 0 bridgehead atoms. The highest BCUT2D eigenvalue weighted by Gasteiger charge is 2.07. The molecule has 0 radical (unpaired) electrons. The van der Waals surface area contributed by atoms with Gasteiger partial charge in [-0.1, -0.05) is 0 Å². The fourth-order valence-electron chi connectivity index (χ4n) is 1.40. The van der Waals surface area contributed by atoms with Gasteiger partial charge in [-0.25, -0.2) is 9.37 Å². The molecule has 0 amide bonds. The Hall–Kier alpha value is -1.42. The molecular weight excluding hydrogens is 195 g/mol. The number of aromatic nitrogens is 1. The van der Waals surface area contributed by atoms with Crippen molar-refractivity contribution in [1.82, 2.24) is 4.98 Å². The van der Waals surface area contributed by atoms with Crippen LogP contribution < -0.4 is 5.73 Å². The van der Waals surface area contributed by atoms with E-state index < -0.39 is 0 Å². The van der Waals surface area contributed by atoms with E-state index in [-0.39, 0.29) is 11.9 Å². The number of nitrogens with two attached hydrogens (primary N) is 1. The number of oxazole rings is 1. The van der Waals surface area contributed by atoms with Gasteiger partial charge in [0.1, 0.15) is 11.3 Å². The van der Waals surface area contributed by atoms with E-state index in [1.807, 2.05) is 6.92 Å². The number of benzene rings is 1. The highest BCUT2D eigenvalue weighted by molar-refractivity contribution is 5.72. The first-order chi connectivity index (χ1) is 7.15. The molecule has 1 aromatic heterocycles. The summed E-state index contributed by atoms with van der Waals surface area (Å²) in [6.07, 6.45) is 1.50. The molecule has 80 valence electrons. The number of rotatable bonds is 3. The first-order valence-electron chi connectivity index (χ1n) is 4.95. The van der Waals surface area contributed by atoms with Gasteiger partial charge in [0.2, 0.25) is 0 Å². The molecule has 0 fully saturated rings. The second kappa shape index (κ2) is 3.98. The quantitative estimate of drug-likeness (QED) is 0.841. The summed E-state index contributed by atoms with van der Waals surface area (Å²) in [6, 6.07) is 4.46. The molecule has 4 heteroatoms. The molecule has 2 rings (SSSR count). The lowest BCUT2D eigenvalue weighted by atomic mass is 10.2. The van der Waals surface area contributed by atoms with Crippen molar-refractivity contribution in [3.8, 4) is 0 Å². The van der Waals surface area contributed by atoms with Crippen molar-refractivity contribution in [2.45, 2.75) is 25.8 Å². The van der Waals surface area contributed by atoms with E-state index in [2.05, 4.69) is 4.98 Å². The summed E-state index contributed by atoms with van der Waals surface area (Å²) in [4.78, 5) is 4.24. The number of hydrogen-bond acceptors (Lipinski definition) is 3. The zero-order valence-electron chi connectivity index (χ0n) is 8.53. The number of halogens is 1. The van der Waals surface area contributed by atoms with Gasteiger partial charge in [-0.3, -0.25) is 0 Å². The van der Waals surface area contributed by atoms with Crippen molar-refractivity contribution >= 4 is 11.1 Å². The van der Waals surface area contributed by atoms with Crippen LogP contribution in [0.1, 0.15) is 19.2 Å². The summed E-state index contributed by atoms with van der Waals surface area (Å²) >= 11 is 0. The standard InChI is InChI=1S/C11H13FN2O/c1-7(13)2-5-11-14-9-4-3-8(12)6-10(9)15-11/h3-4,6-7H,2,5,13H2,1H3. The average Bonchev–Trinajstić information content (AvgIpc) is 2.56. The van der Waals surface area contributed by atoms with E-state index >= 15 is 0 Å². The van der Waals surface area contributed by atoms with E-state index in [1.165, 1.54) is 12.1 Å². The summed E-state index contributed by atoms with van der Waals surface area (Å²) in [7, 11) is 0. The van der Waals surface area contributed by atoms with E-state index in [9.17, 15) is 4.39 Å². The molecular formula is C11H13FN2O. The minimum absolute atomic E-state index is 0.122. The molecule has 0 saturated carbocycles. The van der Waals surface area contributed by atoms with Crippen molar-refractivity contribution in [3.63, 3.8) is 0 Å². The minimum atomic E-state index is -0.308. The molecule has 3 nitrogen and oxygen atoms in total. The summed E-state index contributed by atoms with van der Waals surface area (Å²) in [5, 5.41) is 0. The smallest absolute Gasteiger partial charge is 0.195 e. The monoisotopic (exact) mass is 208 g/mol. The van der Waals surface area contributed by atoms with Gasteiger partial charge < -0.3 is 10.2 Å². The third-order valence-corrected chi connectivity index (χ3v) is 2.21. The molecule has 1 atom stereocenters. The Morgan fingerprint density at radius 3 is 3.07 bits per heavy atom. The van der Waals surface area contributed by atoms with E-state index in [0.717, 1.165) is 6.42 Å². The van der Waals surface area contributed by atoms with Gasteiger partial charge in [-0.2, -0.15) is 0 Å². The van der Waals surface area contributed by atoms with Gasteiger partial charge in [-0.05, 0) is 25.5 Å². The molecule has 2 aromatic rings. The Morgan fingerprint density at radius 1 is 1.53 bits per heavy atom. The maximum Gasteiger partial charge on any atom is 0.195 e. The second-order valence-electron chi connectivity index (χ2n) is 3.74. The zero-order chi connectivity index (χ0) is 10.8. The Morgan fingerprint density at radius 2 is 2.33 bits per heavy atom. The third kappa shape index (κ3) is 2.33. The molecule has 0 aliphatic heterocycles. The fraction of sp³-hybridized carbons (Fsp3) is 0.364. The predicted octanol–water partition coefficient (Wildman–Crippen LogP) is 2.25. The summed E-state index contributed by atoms with van der Waals surface area (Å²) in [5.74, 6) is 0.310. The molecule has 1 aromatic carbocycles. The van der Waals surface area contributed by atoms with Crippen LogP contribution in [0.4, 0.5) is 4.39 Å². The van der Waals surface area contributed by atoms with E-state index in [0.29, 0.717) is 23.4 Å². The van der Waals surface area contributed by atoms with Gasteiger partial charge in [0.05, 0.1) is 0 Å².